The van der Waals surface area contributed by atoms with Crippen molar-refractivity contribution in [1.82, 2.24) is 0 Å². The van der Waals surface area contributed by atoms with Gasteiger partial charge < -0.3 is 5.32 Å². The van der Waals surface area contributed by atoms with Crippen LogP contribution in [0.5, 0.6) is 0 Å². The van der Waals surface area contributed by atoms with Gasteiger partial charge >= 0.3 is 0 Å². The number of halogens is 1. The molecule has 0 saturated heterocycles. The van der Waals surface area contributed by atoms with E-state index in [-0.39, 0.29) is 5.91 Å². The Labute approximate surface area is 145 Å². The molecule has 0 atom stereocenters. The minimum absolute atomic E-state index is 0.159. The number of aryl methyl sites for hydroxylation is 2. The van der Waals surface area contributed by atoms with E-state index in [0.717, 1.165) is 29.5 Å². The third-order valence-electron chi connectivity index (χ3n) is 4.45. The number of amides is 1. The SMILES string of the molecule is O=C(/C=C/c1ccccc1Cl)Nc1ccc2c3c(cccc13)CC2. The van der Waals surface area contributed by atoms with E-state index >= 15 is 0 Å². The molecule has 0 saturated carbocycles. The van der Waals surface area contributed by atoms with E-state index < -0.39 is 0 Å². The van der Waals surface area contributed by atoms with Crippen molar-refractivity contribution in [1.29, 1.82) is 0 Å². The van der Waals surface area contributed by atoms with Gasteiger partial charge in [-0.15, -0.1) is 0 Å². The third-order valence-corrected chi connectivity index (χ3v) is 4.80. The normalized spacial score (nSPS) is 12.9. The first-order valence-electron chi connectivity index (χ1n) is 7.99. The lowest BCUT2D eigenvalue weighted by atomic mass is 10.0. The van der Waals surface area contributed by atoms with E-state index in [1.165, 1.54) is 22.6 Å². The van der Waals surface area contributed by atoms with Crippen LogP contribution in [0, 0.1) is 0 Å². The highest BCUT2D eigenvalue weighted by molar-refractivity contribution is 6.32. The molecule has 0 fully saturated rings. The second-order valence-corrected chi connectivity index (χ2v) is 6.36. The molecule has 1 N–H and O–H groups in total. The van der Waals surface area contributed by atoms with Crippen molar-refractivity contribution in [2.75, 3.05) is 5.32 Å². The smallest absolute Gasteiger partial charge is 0.248 e. The lowest BCUT2D eigenvalue weighted by Crippen LogP contribution is -2.08. The number of carbonyl (C=O) groups excluding carboxylic acids is 1. The first-order chi connectivity index (χ1) is 11.7. The summed E-state index contributed by atoms with van der Waals surface area (Å²) in [4.78, 5) is 12.3. The van der Waals surface area contributed by atoms with Crippen molar-refractivity contribution in [3.63, 3.8) is 0 Å². The zero-order chi connectivity index (χ0) is 16.5. The highest BCUT2D eigenvalue weighted by atomic mass is 35.5. The van der Waals surface area contributed by atoms with Crippen molar-refractivity contribution in [3.05, 3.63) is 82.4 Å². The average Bonchev–Trinajstić information content (AvgIpc) is 3.02. The fourth-order valence-corrected chi connectivity index (χ4v) is 3.50. The summed E-state index contributed by atoms with van der Waals surface area (Å²) >= 11 is 6.10. The first-order valence-corrected chi connectivity index (χ1v) is 8.37. The van der Waals surface area contributed by atoms with Crippen LogP contribution in [0.1, 0.15) is 16.7 Å². The van der Waals surface area contributed by atoms with E-state index in [9.17, 15) is 4.79 Å². The van der Waals surface area contributed by atoms with E-state index in [1.54, 1.807) is 6.08 Å². The molecule has 2 nitrogen and oxygen atoms in total. The van der Waals surface area contributed by atoms with Crippen LogP contribution in [-0.4, -0.2) is 5.91 Å². The summed E-state index contributed by atoms with van der Waals surface area (Å²) in [5.41, 5.74) is 4.41. The Morgan fingerprint density at radius 3 is 2.58 bits per heavy atom. The Bertz CT molecular complexity index is 964. The van der Waals surface area contributed by atoms with E-state index in [4.69, 9.17) is 11.6 Å². The molecule has 0 bridgehead atoms. The van der Waals surface area contributed by atoms with Crippen LogP contribution in [0.15, 0.2) is 60.7 Å². The van der Waals surface area contributed by atoms with Gasteiger partial charge in [0.2, 0.25) is 5.91 Å². The van der Waals surface area contributed by atoms with Crippen LogP contribution in [0.3, 0.4) is 0 Å². The molecule has 1 aliphatic rings. The van der Waals surface area contributed by atoms with Crippen molar-refractivity contribution in [2.45, 2.75) is 12.8 Å². The highest BCUT2D eigenvalue weighted by Crippen LogP contribution is 2.35. The van der Waals surface area contributed by atoms with Crippen molar-refractivity contribution < 1.29 is 4.79 Å². The Hall–Kier alpha value is -2.58. The molecule has 118 valence electrons. The summed E-state index contributed by atoms with van der Waals surface area (Å²) in [7, 11) is 0. The summed E-state index contributed by atoms with van der Waals surface area (Å²) in [6, 6.07) is 17.9. The summed E-state index contributed by atoms with van der Waals surface area (Å²) < 4.78 is 0. The minimum Gasteiger partial charge on any atom is -0.322 e. The van der Waals surface area contributed by atoms with E-state index in [0.29, 0.717) is 5.02 Å². The first kappa shape index (κ1) is 15.0. The summed E-state index contributed by atoms with van der Waals surface area (Å²) in [5, 5.41) is 6.03. The molecule has 24 heavy (non-hydrogen) atoms. The van der Waals surface area contributed by atoms with Gasteiger partial charge in [0.1, 0.15) is 0 Å². The molecule has 3 aromatic rings. The summed E-state index contributed by atoms with van der Waals surface area (Å²) in [5.74, 6) is -0.159. The van der Waals surface area contributed by atoms with Crippen LogP contribution < -0.4 is 5.32 Å². The van der Waals surface area contributed by atoms with Gasteiger partial charge in [-0.05, 0) is 53.1 Å². The molecule has 0 aliphatic heterocycles. The maximum atomic E-state index is 12.3. The van der Waals surface area contributed by atoms with E-state index in [1.807, 2.05) is 30.3 Å². The number of hydrogen-bond acceptors (Lipinski definition) is 1. The largest absolute Gasteiger partial charge is 0.322 e. The van der Waals surface area contributed by atoms with Gasteiger partial charge in [-0.1, -0.05) is 54.1 Å². The Kier molecular flexibility index (Phi) is 3.83. The monoisotopic (exact) mass is 333 g/mol. The molecule has 1 aliphatic carbocycles. The molecule has 1 amide bonds. The number of anilines is 1. The van der Waals surface area contributed by atoms with Crippen LogP contribution in [0.4, 0.5) is 5.69 Å². The van der Waals surface area contributed by atoms with Crippen LogP contribution in [0.2, 0.25) is 5.02 Å². The Balaban J connectivity index is 1.61. The van der Waals surface area contributed by atoms with Gasteiger partial charge in [-0.2, -0.15) is 0 Å². The maximum absolute atomic E-state index is 12.3. The molecule has 0 unspecified atom stereocenters. The molecule has 3 heteroatoms. The van der Waals surface area contributed by atoms with E-state index in [2.05, 4.69) is 29.6 Å². The van der Waals surface area contributed by atoms with Gasteiger partial charge in [0.05, 0.1) is 0 Å². The zero-order valence-electron chi connectivity index (χ0n) is 13.1. The fourth-order valence-electron chi connectivity index (χ4n) is 3.31. The van der Waals surface area contributed by atoms with Gasteiger partial charge in [0, 0.05) is 22.2 Å². The lowest BCUT2D eigenvalue weighted by molar-refractivity contribution is -0.111. The molecule has 0 spiro atoms. The van der Waals surface area contributed by atoms with Crippen molar-refractivity contribution in [3.8, 4) is 0 Å². The molecule has 0 aromatic heterocycles. The molecular formula is C21H16ClNO. The van der Waals surface area contributed by atoms with Gasteiger partial charge in [-0.25, -0.2) is 0 Å². The molecule has 3 aromatic carbocycles. The minimum atomic E-state index is -0.159. The van der Waals surface area contributed by atoms with Crippen LogP contribution in [-0.2, 0) is 17.6 Å². The molecule has 4 rings (SSSR count). The predicted octanol–water partition coefficient (Wildman–Crippen LogP) is 5.24. The average molecular weight is 334 g/mol. The zero-order valence-corrected chi connectivity index (χ0v) is 13.8. The number of hydrogen-bond donors (Lipinski definition) is 1. The maximum Gasteiger partial charge on any atom is 0.248 e. The second-order valence-electron chi connectivity index (χ2n) is 5.96. The fraction of sp³-hybridized carbons (Fsp3) is 0.0952. The molecule has 0 radical (unpaired) electrons. The van der Waals surface area contributed by atoms with Gasteiger partial charge in [0.15, 0.2) is 0 Å². The predicted molar refractivity (Wildman–Crippen MR) is 100 cm³/mol. The second kappa shape index (κ2) is 6.14. The third kappa shape index (κ3) is 2.70. The number of benzene rings is 3. The Morgan fingerprint density at radius 1 is 0.958 bits per heavy atom. The lowest BCUT2D eigenvalue weighted by Gasteiger charge is -2.09. The highest BCUT2D eigenvalue weighted by Gasteiger charge is 2.16. The number of rotatable bonds is 3. The number of carbonyl (C=O) groups is 1. The summed E-state index contributed by atoms with van der Waals surface area (Å²) in [6.45, 7) is 0. The topological polar surface area (TPSA) is 29.1 Å². The Morgan fingerprint density at radius 2 is 1.75 bits per heavy atom. The molecule has 0 heterocycles. The molecular weight excluding hydrogens is 318 g/mol. The summed E-state index contributed by atoms with van der Waals surface area (Å²) in [6.07, 6.45) is 5.41. The number of nitrogens with one attached hydrogen (secondary N) is 1. The van der Waals surface area contributed by atoms with Crippen LogP contribution >= 0.6 is 11.6 Å². The van der Waals surface area contributed by atoms with Gasteiger partial charge in [-0.3, -0.25) is 4.79 Å². The standard InChI is InChI=1S/C21H16ClNO/c22-18-7-2-1-4-14(18)11-13-20(24)23-19-12-10-16-9-8-15-5-3-6-17(19)21(15)16/h1-7,10-13H,8-9H2,(H,23,24)/b13-11+. The van der Waals surface area contributed by atoms with Crippen molar-refractivity contribution in [2.24, 2.45) is 0 Å². The van der Waals surface area contributed by atoms with Crippen molar-refractivity contribution >= 4 is 40.0 Å². The van der Waals surface area contributed by atoms with Crippen LogP contribution in [0.25, 0.3) is 16.8 Å². The van der Waals surface area contributed by atoms with Gasteiger partial charge in [0.25, 0.3) is 0 Å². The quantitative estimate of drug-likeness (QED) is 0.652.